The molecule has 0 unspecified atom stereocenters. The summed E-state index contributed by atoms with van der Waals surface area (Å²) < 4.78 is 0. The van der Waals surface area contributed by atoms with Crippen LogP contribution in [0.15, 0.2) is 78.2 Å². The molecule has 2 amide bonds. The number of anilines is 1. The van der Waals surface area contributed by atoms with Gasteiger partial charge in [-0.2, -0.15) is 0 Å². The van der Waals surface area contributed by atoms with Gasteiger partial charge in [-0.1, -0.05) is 60.7 Å². The highest BCUT2D eigenvalue weighted by atomic mass is 32.1. The normalized spacial score (nSPS) is 14.3. The van der Waals surface area contributed by atoms with Crippen molar-refractivity contribution in [1.82, 2.24) is 14.8 Å². The Labute approximate surface area is 202 Å². The lowest BCUT2D eigenvalue weighted by Gasteiger charge is -2.35. The van der Waals surface area contributed by atoms with E-state index < -0.39 is 0 Å². The van der Waals surface area contributed by atoms with Crippen LogP contribution in [0.4, 0.5) is 5.13 Å². The average Bonchev–Trinajstić information content (AvgIpc) is 3.31. The molecule has 1 aliphatic heterocycles. The molecule has 5 rings (SSSR count). The van der Waals surface area contributed by atoms with Gasteiger partial charge in [-0.25, -0.2) is 4.98 Å². The van der Waals surface area contributed by atoms with E-state index in [9.17, 15) is 9.59 Å². The third-order valence-corrected chi connectivity index (χ3v) is 6.95. The molecule has 0 saturated carbocycles. The van der Waals surface area contributed by atoms with Crippen LogP contribution in [0, 0.1) is 0 Å². The highest BCUT2D eigenvalue weighted by Crippen LogP contribution is 2.21. The monoisotopic (exact) mass is 470 g/mol. The lowest BCUT2D eigenvalue weighted by atomic mass is 10.0. The number of fused-ring (bicyclic) bond motifs is 1. The van der Waals surface area contributed by atoms with Gasteiger partial charge in [0, 0.05) is 43.7 Å². The van der Waals surface area contributed by atoms with Crippen molar-refractivity contribution in [1.29, 1.82) is 0 Å². The molecule has 1 fully saturated rings. The summed E-state index contributed by atoms with van der Waals surface area (Å²) in [5, 5.41) is 7.72. The SMILES string of the molecule is O=C(Nc1nc(CC(=O)N2CCN(Cc3cccc4ccccc34)CC2)cs1)c1ccccc1. The molecule has 4 aromatic rings. The Kier molecular flexibility index (Phi) is 6.65. The summed E-state index contributed by atoms with van der Waals surface area (Å²) in [6.45, 7) is 4.02. The zero-order valence-corrected chi connectivity index (χ0v) is 19.6. The van der Waals surface area contributed by atoms with Crippen molar-refractivity contribution in [3.8, 4) is 0 Å². The quantitative estimate of drug-likeness (QED) is 0.453. The van der Waals surface area contributed by atoms with Gasteiger partial charge in [-0.15, -0.1) is 11.3 Å². The van der Waals surface area contributed by atoms with Crippen molar-refractivity contribution >= 4 is 39.1 Å². The second kappa shape index (κ2) is 10.2. The van der Waals surface area contributed by atoms with Gasteiger partial charge < -0.3 is 4.90 Å². The number of carbonyl (C=O) groups excluding carboxylic acids is 2. The van der Waals surface area contributed by atoms with Gasteiger partial charge in [-0.05, 0) is 28.5 Å². The molecule has 1 N–H and O–H groups in total. The topological polar surface area (TPSA) is 65.5 Å². The van der Waals surface area contributed by atoms with Gasteiger partial charge in [0.15, 0.2) is 5.13 Å². The summed E-state index contributed by atoms with van der Waals surface area (Å²) in [6.07, 6.45) is 0.251. The number of nitrogens with zero attached hydrogens (tertiary/aromatic N) is 3. The lowest BCUT2D eigenvalue weighted by Crippen LogP contribution is -2.48. The van der Waals surface area contributed by atoms with Crippen LogP contribution in [0.5, 0.6) is 0 Å². The summed E-state index contributed by atoms with van der Waals surface area (Å²) >= 11 is 1.34. The molecule has 0 radical (unpaired) electrons. The molecular formula is C27H26N4O2S. The van der Waals surface area contributed by atoms with E-state index >= 15 is 0 Å². The van der Waals surface area contributed by atoms with Gasteiger partial charge in [0.05, 0.1) is 12.1 Å². The van der Waals surface area contributed by atoms with Crippen molar-refractivity contribution in [2.75, 3.05) is 31.5 Å². The first kappa shape index (κ1) is 22.3. The zero-order chi connectivity index (χ0) is 23.3. The molecule has 6 nitrogen and oxygen atoms in total. The van der Waals surface area contributed by atoms with Crippen LogP contribution in [-0.2, 0) is 17.8 Å². The van der Waals surface area contributed by atoms with Crippen LogP contribution in [0.25, 0.3) is 10.8 Å². The number of thiazole rings is 1. The van der Waals surface area contributed by atoms with Gasteiger partial charge >= 0.3 is 0 Å². The standard InChI is InChI=1S/C27H26N4O2S/c32-25(17-23-19-34-27(28-23)29-26(33)21-8-2-1-3-9-21)31-15-13-30(14-16-31)18-22-11-6-10-20-7-4-5-12-24(20)22/h1-12,19H,13-18H2,(H,28,29,33). The summed E-state index contributed by atoms with van der Waals surface area (Å²) in [4.78, 5) is 33.9. The first-order chi connectivity index (χ1) is 16.7. The summed E-state index contributed by atoms with van der Waals surface area (Å²) in [6, 6.07) is 23.9. The van der Waals surface area contributed by atoms with E-state index in [1.54, 1.807) is 12.1 Å². The van der Waals surface area contributed by atoms with E-state index in [1.807, 2.05) is 28.5 Å². The highest BCUT2D eigenvalue weighted by Gasteiger charge is 2.22. The second-order valence-electron chi connectivity index (χ2n) is 8.44. The fourth-order valence-electron chi connectivity index (χ4n) is 4.30. The summed E-state index contributed by atoms with van der Waals surface area (Å²) in [5.41, 5.74) is 2.60. The predicted molar refractivity (Wildman–Crippen MR) is 136 cm³/mol. The van der Waals surface area contributed by atoms with E-state index in [4.69, 9.17) is 0 Å². The van der Waals surface area contributed by atoms with Gasteiger partial charge in [0.25, 0.3) is 5.91 Å². The number of piperazine rings is 1. The van der Waals surface area contributed by atoms with Crippen molar-refractivity contribution in [2.45, 2.75) is 13.0 Å². The maximum atomic E-state index is 12.8. The minimum atomic E-state index is -0.199. The second-order valence-corrected chi connectivity index (χ2v) is 9.29. The summed E-state index contributed by atoms with van der Waals surface area (Å²) in [7, 11) is 0. The fraction of sp³-hybridized carbons (Fsp3) is 0.222. The van der Waals surface area contributed by atoms with E-state index in [0.717, 1.165) is 19.6 Å². The van der Waals surface area contributed by atoms with Gasteiger partial charge in [0.2, 0.25) is 5.91 Å². The smallest absolute Gasteiger partial charge is 0.257 e. The van der Waals surface area contributed by atoms with Crippen LogP contribution in [0.2, 0.25) is 0 Å². The van der Waals surface area contributed by atoms with Crippen LogP contribution >= 0.6 is 11.3 Å². The number of rotatable bonds is 6. The van der Waals surface area contributed by atoms with E-state index in [2.05, 4.69) is 57.7 Å². The van der Waals surface area contributed by atoms with Crippen LogP contribution in [0.1, 0.15) is 21.6 Å². The number of aromatic nitrogens is 1. The van der Waals surface area contributed by atoms with Crippen molar-refractivity contribution in [3.63, 3.8) is 0 Å². The van der Waals surface area contributed by atoms with Crippen LogP contribution in [-0.4, -0.2) is 52.8 Å². The van der Waals surface area contributed by atoms with Crippen molar-refractivity contribution < 1.29 is 9.59 Å². The molecule has 3 aromatic carbocycles. The van der Waals surface area contributed by atoms with Crippen molar-refractivity contribution in [2.24, 2.45) is 0 Å². The number of amides is 2. The predicted octanol–water partition coefficient (Wildman–Crippen LogP) is 4.44. The molecule has 1 aromatic heterocycles. The molecule has 0 bridgehead atoms. The molecule has 34 heavy (non-hydrogen) atoms. The third-order valence-electron chi connectivity index (χ3n) is 6.14. The minimum Gasteiger partial charge on any atom is -0.340 e. The molecule has 172 valence electrons. The first-order valence-electron chi connectivity index (χ1n) is 11.4. The van der Waals surface area contributed by atoms with Gasteiger partial charge in [-0.3, -0.25) is 19.8 Å². The largest absolute Gasteiger partial charge is 0.340 e. The number of benzene rings is 3. The van der Waals surface area contributed by atoms with E-state index in [1.165, 1.54) is 27.7 Å². The molecule has 7 heteroatoms. The third kappa shape index (κ3) is 5.16. The molecular weight excluding hydrogens is 444 g/mol. The van der Waals surface area contributed by atoms with E-state index in [0.29, 0.717) is 29.5 Å². The summed E-state index contributed by atoms with van der Waals surface area (Å²) in [5.74, 6) is -0.119. The maximum absolute atomic E-state index is 12.8. The van der Waals surface area contributed by atoms with Crippen LogP contribution < -0.4 is 5.32 Å². The molecule has 0 aliphatic carbocycles. The first-order valence-corrected chi connectivity index (χ1v) is 12.3. The molecule has 1 saturated heterocycles. The fourth-order valence-corrected chi connectivity index (χ4v) is 5.00. The molecule has 2 heterocycles. The highest BCUT2D eigenvalue weighted by molar-refractivity contribution is 7.14. The number of hydrogen-bond donors (Lipinski definition) is 1. The van der Waals surface area contributed by atoms with Crippen molar-refractivity contribution in [3.05, 3.63) is 95.0 Å². The molecule has 1 aliphatic rings. The minimum absolute atomic E-state index is 0.0797. The van der Waals surface area contributed by atoms with Crippen LogP contribution in [0.3, 0.4) is 0 Å². The average molecular weight is 471 g/mol. The maximum Gasteiger partial charge on any atom is 0.257 e. The Balaban J connectivity index is 1.13. The number of nitrogens with one attached hydrogen (secondary N) is 1. The molecule has 0 atom stereocenters. The van der Waals surface area contributed by atoms with Gasteiger partial charge in [0.1, 0.15) is 0 Å². The number of hydrogen-bond acceptors (Lipinski definition) is 5. The number of carbonyl (C=O) groups is 2. The van der Waals surface area contributed by atoms with E-state index in [-0.39, 0.29) is 18.2 Å². The Bertz CT molecular complexity index is 1290. The Morgan fingerprint density at radius 1 is 0.882 bits per heavy atom. The Morgan fingerprint density at radius 3 is 2.44 bits per heavy atom. The molecule has 0 spiro atoms. The zero-order valence-electron chi connectivity index (χ0n) is 18.8. The lowest BCUT2D eigenvalue weighted by molar-refractivity contribution is -0.132. The Hall–Kier alpha value is -3.55. The Morgan fingerprint density at radius 2 is 1.62 bits per heavy atom.